The molecular weight excluding hydrogens is 350 g/mol. The van der Waals surface area contributed by atoms with Crippen LogP contribution in [0.5, 0.6) is 0 Å². The number of anilines is 2. The molecule has 1 aromatic carbocycles. The highest BCUT2D eigenvalue weighted by Crippen LogP contribution is 2.26. The first kappa shape index (κ1) is 17.4. The van der Waals surface area contributed by atoms with Gasteiger partial charge in [0.15, 0.2) is 5.82 Å². The lowest BCUT2D eigenvalue weighted by atomic mass is 10.0. The largest absolute Gasteiger partial charge is 0.297 e. The van der Waals surface area contributed by atoms with Gasteiger partial charge in [-0.2, -0.15) is 10.4 Å². The van der Waals surface area contributed by atoms with Gasteiger partial charge in [0, 0.05) is 31.1 Å². The minimum atomic E-state index is 0.528. The number of hydrogen-bond acceptors (Lipinski definition) is 6. The third-order valence-electron chi connectivity index (χ3n) is 4.42. The maximum atomic E-state index is 9.05. The predicted molar refractivity (Wildman–Crippen MR) is 107 cm³/mol. The van der Waals surface area contributed by atoms with Crippen LogP contribution in [0.1, 0.15) is 11.1 Å². The number of pyridine rings is 1. The van der Waals surface area contributed by atoms with Crippen molar-refractivity contribution in [2.45, 2.75) is 6.92 Å². The molecule has 0 bridgehead atoms. The van der Waals surface area contributed by atoms with Crippen LogP contribution in [0.25, 0.3) is 22.6 Å². The second kappa shape index (κ2) is 7.29. The topological polar surface area (TPSA) is 94.4 Å². The van der Waals surface area contributed by atoms with Crippen LogP contribution < -0.4 is 4.90 Å². The van der Waals surface area contributed by atoms with E-state index in [0.29, 0.717) is 17.3 Å². The first-order chi connectivity index (χ1) is 13.7. The summed E-state index contributed by atoms with van der Waals surface area (Å²) in [4.78, 5) is 15.2. The third-order valence-corrected chi connectivity index (χ3v) is 4.42. The molecule has 0 unspecified atom stereocenters. The van der Waals surface area contributed by atoms with Gasteiger partial charge in [-0.25, -0.2) is 9.97 Å². The zero-order chi connectivity index (χ0) is 19.5. The van der Waals surface area contributed by atoms with Crippen molar-refractivity contribution >= 4 is 11.8 Å². The van der Waals surface area contributed by atoms with E-state index in [0.717, 1.165) is 28.2 Å². The van der Waals surface area contributed by atoms with Gasteiger partial charge >= 0.3 is 0 Å². The van der Waals surface area contributed by atoms with Crippen LogP contribution >= 0.6 is 0 Å². The molecule has 0 spiro atoms. The Hall–Kier alpha value is -4.05. The molecule has 0 aliphatic heterocycles. The molecule has 7 heteroatoms. The highest BCUT2D eigenvalue weighted by molar-refractivity contribution is 5.67. The highest BCUT2D eigenvalue weighted by atomic mass is 15.3. The van der Waals surface area contributed by atoms with Crippen molar-refractivity contribution in [3.63, 3.8) is 0 Å². The molecule has 0 aliphatic carbocycles. The summed E-state index contributed by atoms with van der Waals surface area (Å²) < 4.78 is 0. The van der Waals surface area contributed by atoms with Crippen LogP contribution in [-0.2, 0) is 0 Å². The molecule has 4 aromatic rings. The standard InChI is InChI=1S/C21H17N7/c1-14-11-15(13-22)6-7-16(14)17-8-10-24-21(25-17)28(2)20-12-19(26-27-20)18-5-3-4-9-23-18/h3-12H,1-2H3,(H,26,27). The summed E-state index contributed by atoms with van der Waals surface area (Å²) in [6, 6.07) is 17.2. The van der Waals surface area contributed by atoms with Gasteiger partial charge in [0.1, 0.15) is 0 Å². The van der Waals surface area contributed by atoms with E-state index in [4.69, 9.17) is 5.26 Å². The first-order valence-electron chi connectivity index (χ1n) is 8.70. The molecule has 1 N–H and O–H groups in total. The number of nitrogens with one attached hydrogen (secondary N) is 1. The van der Waals surface area contributed by atoms with Crippen LogP contribution in [-0.4, -0.2) is 32.2 Å². The van der Waals surface area contributed by atoms with Gasteiger partial charge in [-0.3, -0.25) is 15.0 Å². The number of aromatic amines is 1. The monoisotopic (exact) mass is 367 g/mol. The van der Waals surface area contributed by atoms with E-state index < -0.39 is 0 Å². The van der Waals surface area contributed by atoms with Crippen LogP contribution in [0, 0.1) is 18.3 Å². The number of benzene rings is 1. The Labute approximate surface area is 162 Å². The predicted octanol–water partition coefficient (Wildman–Crippen LogP) is 3.88. The van der Waals surface area contributed by atoms with Crippen LogP contribution in [0.15, 0.2) is 60.9 Å². The van der Waals surface area contributed by atoms with Crippen molar-refractivity contribution in [1.82, 2.24) is 25.1 Å². The van der Waals surface area contributed by atoms with Crippen molar-refractivity contribution in [3.8, 4) is 28.7 Å². The van der Waals surface area contributed by atoms with Crippen LogP contribution in [0.2, 0.25) is 0 Å². The number of aryl methyl sites for hydroxylation is 1. The summed E-state index contributed by atoms with van der Waals surface area (Å²) in [5.41, 5.74) is 5.01. The van der Waals surface area contributed by atoms with Gasteiger partial charge in [-0.15, -0.1) is 0 Å². The molecule has 0 saturated carbocycles. The Kier molecular flexibility index (Phi) is 4.52. The molecule has 3 heterocycles. The fraction of sp³-hybridized carbons (Fsp3) is 0.0952. The molecule has 0 atom stereocenters. The van der Waals surface area contributed by atoms with E-state index >= 15 is 0 Å². The zero-order valence-corrected chi connectivity index (χ0v) is 15.5. The van der Waals surface area contributed by atoms with E-state index in [1.165, 1.54) is 0 Å². The van der Waals surface area contributed by atoms with Crippen LogP contribution in [0.3, 0.4) is 0 Å². The van der Waals surface area contributed by atoms with E-state index in [2.05, 4.69) is 31.2 Å². The summed E-state index contributed by atoms with van der Waals surface area (Å²) in [6.45, 7) is 1.97. The minimum absolute atomic E-state index is 0.528. The Balaban J connectivity index is 1.65. The summed E-state index contributed by atoms with van der Waals surface area (Å²) in [6.07, 6.45) is 3.46. The van der Waals surface area contributed by atoms with Gasteiger partial charge in [0.25, 0.3) is 0 Å². The summed E-state index contributed by atoms with van der Waals surface area (Å²) in [7, 11) is 1.86. The Bertz CT molecular complexity index is 1160. The fourth-order valence-corrected chi connectivity index (χ4v) is 2.92. The van der Waals surface area contributed by atoms with Gasteiger partial charge in [-0.05, 0) is 42.8 Å². The normalized spacial score (nSPS) is 10.5. The smallest absolute Gasteiger partial charge is 0.231 e. The second-order valence-corrected chi connectivity index (χ2v) is 6.30. The molecule has 0 radical (unpaired) electrons. The molecule has 0 amide bonds. The average Bonchev–Trinajstić information content (AvgIpc) is 3.24. The second-order valence-electron chi connectivity index (χ2n) is 6.30. The maximum Gasteiger partial charge on any atom is 0.231 e. The third kappa shape index (κ3) is 3.31. The molecule has 3 aromatic heterocycles. The summed E-state index contributed by atoms with van der Waals surface area (Å²) in [5, 5.41) is 16.4. The zero-order valence-electron chi connectivity index (χ0n) is 15.5. The van der Waals surface area contributed by atoms with Crippen molar-refractivity contribution in [3.05, 3.63) is 72.1 Å². The van der Waals surface area contributed by atoms with Crippen molar-refractivity contribution in [2.24, 2.45) is 0 Å². The molecule has 136 valence electrons. The minimum Gasteiger partial charge on any atom is -0.297 e. The molecule has 0 saturated heterocycles. The molecule has 0 aliphatic rings. The Morgan fingerprint density at radius 2 is 1.89 bits per heavy atom. The van der Waals surface area contributed by atoms with Gasteiger partial charge in [0.05, 0.1) is 28.7 Å². The Morgan fingerprint density at radius 1 is 1.00 bits per heavy atom. The number of aromatic nitrogens is 5. The molecule has 7 nitrogen and oxygen atoms in total. The van der Waals surface area contributed by atoms with Gasteiger partial charge in [0.2, 0.25) is 5.95 Å². The number of nitriles is 1. The summed E-state index contributed by atoms with van der Waals surface area (Å²) in [5.74, 6) is 1.22. The average molecular weight is 367 g/mol. The Morgan fingerprint density at radius 3 is 2.64 bits per heavy atom. The quantitative estimate of drug-likeness (QED) is 0.588. The number of hydrogen-bond donors (Lipinski definition) is 1. The number of nitrogens with zero attached hydrogens (tertiary/aromatic N) is 6. The lowest BCUT2D eigenvalue weighted by Crippen LogP contribution is -2.13. The van der Waals surface area contributed by atoms with E-state index in [-0.39, 0.29) is 0 Å². The molecule has 4 rings (SSSR count). The van der Waals surface area contributed by atoms with Gasteiger partial charge in [-0.1, -0.05) is 12.1 Å². The maximum absolute atomic E-state index is 9.05. The van der Waals surface area contributed by atoms with E-state index in [1.807, 2.05) is 61.3 Å². The van der Waals surface area contributed by atoms with Crippen molar-refractivity contribution in [1.29, 1.82) is 5.26 Å². The first-order valence-corrected chi connectivity index (χ1v) is 8.70. The van der Waals surface area contributed by atoms with E-state index in [9.17, 15) is 0 Å². The lowest BCUT2D eigenvalue weighted by Gasteiger charge is -2.15. The highest BCUT2D eigenvalue weighted by Gasteiger charge is 2.14. The SMILES string of the molecule is Cc1cc(C#N)ccc1-c1ccnc(N(C)c2cc(-c3ccccn3)[nH]n2)n1. The lowest BCUT2D eigenvalue weighted by molar-refractivity contribution is 0.989. The van der Waals surface area contributed by atoms with Crippen molar-refractivity contribution < 1.29 is 0 Å². The van der Waals surface area contributed by atoms with Crippen LogP contribution in [0.4, 0.5) is 11.8 Å². The summed E-state index contributed by atoms with van der Waals surface area (Å²) >= 11 is 0. The van der Waals surface area contributed by atoms with Crippen molar-refractivity contribution in [2.75, 3.05) is 11.9 Å². The molecular formula is C21H17N7. The number of H-pyrrole nitrogens is 1. The fourth-order valence-electron chi connectivity index (χ4n) is 2.92. The van der Waals surface area contributed by atoms with Gasteiger partial charge < -0.3 is 0 Å². The molecule has 0 fully saturated rings. The van der Waals surface area contributed by atoms with E-state index in [1.54, 1.807) is 18.5 Å². The number of rotatable bonds is 4. The molecule has 28 heavy (non-hydrogen) atoms.